The predicted molar refractivity (Wildman–Crippen MR) is 208 cm³/mol. The second kappa shape index (κ2) is 17.1. The van der Waals surface area contributed by atoms with Crippen molar-refractivity contribution in [1.29, 1.82) is 0 Å². The average molecular weight is 903 g/mol. The number of pyridine rings is 1. The first-order valence-electron chi connectivity index (χ1n) is 18.2. The van der Waals surface area contributed by atoms with E-state index >= 15 is 0 Å². The van der Waals surface area contributed by atoms with E-state index in [2.05, 4.69) is 97.0 Å². The van der Waals surface area contributed by atoms with Crippen molar-refractivity contribution in [3.05, 3.63) is 89.3 Å². The van der Waals surface area contributed by atoms with Crippen molar-refractivity contribution in [3.63, 3.8) is 0 Å². The van der Waals surface area contributed by atoms with Crippen LogP contribution in [0.4, 0.5) is 0 Å². The molecule has 0 aliphatic carbocycles. The van der Waals surface area contributed by atoms with Crippen LogP contribution < -0.4 is 0 Å². The number of rotatable bonds is 9. The van der Waals surface area contributed by atoms with Gasteiger partial charge in [0, 0.05) is 38.0 Å². The van der Waals surface area contributed by atoms with Crippen molar-refractivity contribution in [3.8, 4) is 11.3 Å². The fourth-order valence-electron chi connectivity index (χ4n) is 6.59. The van der Waals surface area contributed by atoms with E-state index in [1.54, 1.807) is 0 Å². The van der Waals surface area contributed by atoms with Gasteiger partial charge >= 0.3 is 205 Å². The van der Waals surface area contributed by atoms with Crippen molar-refractivity contribution in [2.75, 3.05) is 0 Å². The molecule has 3 nitrogen and oxygen atoms in total. The van der Waals surface area contributed by atoms with Gasteiger partial charge in [-0.25, -0.2) is 0 Å². The van der Waals surface area contributed by atoms with Crippen molar-refractivity contribution >= 4 is 50.4 Å². The SMILES string of the molecule is CCC(CC)C(=O)/C=C(\O)C(CC)CC.[2H]c1cc2c([se]c3c(C)c(CC(C)(C)C)ccc32)c(-c2[c-]c3ccccc3c(C(C)(C)C)c2)n1.[Ir]. The molecule has 1 radical (unpaired) electrons. The molecule has 1 N–H and O–H groups in total. The molecular formula is C44H56IrNO2Se-. The Hall–Kier alpha value is -2.55. The molecule has 265 valence electrons. The number of hydrogen-bond donors (Lipinski definition) is 1. The molecule has 3 aromatic carbocycles. The van der Waals surface area contributed by atoms with Gasteiger partial charge < -0.3 is 5.11 Å². The minimum absolute atomic E-state index is 0. The number of hydrogen-bond acceptors (Lipinski definition) is 3. The van der Waals surface area contributed by atoms with E-state index in [0.29, 0.717) is 6.17 Å². The van der Waals surface area contributed by atoms with Crippen LogP contribution in [0.3, 0.4) is 0 Å². The van der Waals surface area contributed by atoms with Crippen LogP contribution in [0, 0.1) is 30.2 Å². The molecule has 0 aliphatic rings. The molecule has 5 heteroatoms. The number of nitrogens with zero attached hydrogens (tertiary/aromatic N) is 1. The van der Waals surface area contributed by atoms with Crippen LogP contribution in [0.15, 0.2) is 66.5 Å². The van der Waals surface area contributed by atoms with Crippen molar-refractivity contribution < 1.29 is 31.4 Å². The third-order valence-corrected chi connectivity index (χ3v) is 12.3. The number of aliphatic hydroxyl groups excluding tert-OH is 1. The summed E-state index contributed by atoms with van der Waals surface area (Å²) in [4.78, 5) is 16.5. The first-order chi connectivity index (χ1) is 23.0. The van der Waals surface area contributed by atoms with Gasteiger partial charge in [-0.15, -0.1) is 0 Å². The third kappa shape index (κ3) is 9.62. The number of aromatic nitrogens is 1. The Kier molecular flexibility index (Phi) is 13.7. The number of carbonyl (C=O) groups is 1. The smallest absolute Gasteiger partial charge is 0 e. The van der Waals surface area contributed by atoms with Gasteiger partial charge in [-0.2, -0.15) is 0 Å². The van der Waals surface area contributed by atoms with E-state index < -0.39 is 0 Å². The number of benzene rings is 3. The Labute approximate surface area is 316 Å². The summed E-state index contributed by atoms with van der Waals surface area (Å²) in [6.45, 7) is 24.0. The van der Waals surface area contributed by atoms with E-state index in [-0.39, 0.29) is 68.8 Å². The summed E-state index contributed by atoms with van der Waals surface area (Å²) >= 11 is 0.153. The first kappa shape index (κ1) is 39.2. The quantitative estimate of drug-likeness (QED) is 0.0694. The molecule has 0 aliphatic heterocycles. The van der Waals surface area contributed by atoms with E-state index in [1.165, 1.54) is 47.4 Å². The van der Waals surface area contributed by atoms with E-state index in [1.807, 2.05) is 33.8 Å². The minimum atomic E-state index is -0.00223. The summed E-state index contributed by atoms with van der Waals surface area (Å²) in [6.07, 6.45) is 6.30. The summed E-state index contributed by atoms with van der Waals surface area (Å²) < 4.78 is 11.3. The largest absolute Gasteiger partial charge is 0 e. The second-order valence-corrected chi connectivity index (χ2v) is 17.6. The fourth-order valence-corrected chi connectivity index (χ4v) is 9.33. The average Bonchev–Trinajstić information content (AvgIpc) is 3.41. The Morgan fingerprint density at radius 1 is 0.898 bits per heavy atom. The molecule has 0 fully saturated rings. The molecule has 2 aromatic heterocycles. The van der Waals surface area contributed by atoms with E-state index in [9.17, 15) is 9.90 Å². The van der Waals surface area contributed by atoms with Gasteiger partial charge in [-0.05, 0) is 25.7 Å². The number of aliphatic hydroxyl groups is 1. The molecule has 49 heavy (non-hydrogen) atoms. The molecule has 5 aromatic rings. The van der Waals surface area contributed by atoms with Crippen LogP contribution >= 0.6 is 0 Å². The van der Waals surface area contributed by atoms with Crippen molar-refractivity contribution in [1.82, 2.24) is 4.98 Å². The van der Waals surface area contributed by atoms with Gasteiger partial charge in [0.2, 0.25) is 0 Å². The summed E-state index contributed by atoms with van der Waals surface area (Å²) in [5.41, 5.74) is 6.35. The molecule has 0 bridgehead atoms. The maximum absolute atomic E-state index is 11.7. The molecule has 0 saturated carbocycles. The van der Waals surface area contributed by atoms with Crippen molar-refractivity contribution in [2.24, 2.45) is 17.3 Å². The zero-order valence-electron chi connectivity index (χ0n) is 32.4. The Morgan fingerprint density at radius 3 is 2.10 bits per heavy atom. The van der Waals surface area contributed by atoms with Gasteiger partial charge in [-0.1, -0.05) is 27.7 Å². The molecule has 5 rings (SSSR count). The van der Waals surface area contributed by atoms with Crippen LogP contribution in [-0.4, -0.2) is 30.4 Å². The first-order valence-corrected chi connectivity index (χ1v) is 19.5. The maximum atomic E-state index is 11.7. The zero-order valence-corrected chi connectivity index (χ0v) is 35.5. The van der Waals surface area contributed by atoms with Crippen LogP contribution in [0.2, 0.25) is 0 Å². The van der Waals surface area contributed by atoms with Crippen LogP contribution in [0.1, 0.15) is 113 Å². The van der Waals surface area contributed by atoms with E-state index in [4.69, 9.17) is 6.35 Å². The Bertz CT molecular complexity index is 1970. The normalized spacial score (nSPS) is 12.8. The van der Waals surface area contributed by atoms with Gasteiger partial charge in [0.15, 0.2) is 5.78 Å². The minimum Gasteiger partial charge on any atom is 0 e. The number of carbonyl (C=O) groups excluding carboxylic acids is 1. The summed E-state index contributed by atoms with van der Waals surface area (Å²) in [5, 5.41) is 14.6. The zero-order chi connectivity index (χ0) is 36.3. The topological polar surface area (TPSA) is 50.2 Å². The molecular weight excluding hydrogens is 846 g/mol. The van der Waals surface area contributed by atoms with Gasteiger partial charge in [-0.3, -0.25) is 4.79 Å². The van der Waals surface area contributed by atoms with E-state index in [0.717, 1.165) is 48.7 Å². The summed E-state index contributed by atoms with van der Waals surface area (Å²) in [7, 11) is 0. The Morgan fingerprint density at radius 2 is 1.51 bits per heavy atom. The second-order valence-electron chi connectivity index (χ2n) is 15.4. The standard InChI is InChI=1S/C31H32NSe.C13H24O2.Ir/c1-19-21(18-30(2,3)4)12-13-24-25-14-15-32-27(29(25)33-28(19)24)22-16-20-10-8-9-11-23(20)26(17-22)31(5,6)7;1-5-10(6-2)12(14)9-13(15)11(7-3)8-4;/h8-15,17H,18H2,1-7H3;9-11,14H,5-8H2,1-4H3;/q-1;;/b;12-9-;/i15D;;. The number of allylic oxidation sites excluding steroid dienone is 2. The fraction of sp³-hybridized carbons (Fsp3) is 0.455. The molecule has 0 amide bonds. The van der Waals surface area contributed by atoms with Gasteiger partial charge in [0.05, 0.1) is 5.76 Å². The van der Waals surface area contributed by atoms with Crippen molar-refractivity contribution in [2.45, 2.75) is 114 Å². The van der Waals surface area contributed by atoms with Gasteiger partial charge in [0.1, 0.15) is 0 Å². The maximum Gasteiger partial charge on any atom is 0 e. The number of aryl methyl sites for hydroxylation is 1. The molecule has 2 heterocycles. The van der Waals surface area contributed by atoms with Gasteiger partial charge in [0.25, 0.3) is 0 Å². The Balaban J connectivity index is 0.000000361. The predicted octanol–water partition coefficient (Wildman–Crippen LogP) is 12.1. The molecule has 0 unspecified atom stereocenters. The van der Waals surface area contributed by atoms with Crippen LogP contribution in [-0.2, 0) is 36.7 Å². The molecule has 0 spiro atoms. The third-order valence-electron chi connectivity index (χ3n) is 9.50. The number of ketones is 1. The summed E-state index contributed by atoms with van der Waals surface area (Å²) in [6, 6.07) is 21.0. The summed E-state index contributed by atoms with van der Waals surface area (Å²) in [5.74, 6) is 0.547. The molecule has 0 saturated heterocycles. The number of fused-ring (bicyclic) bond motifs is 4. The molecule has 0 atom stereocenters. The van der Waals surface area contributed by atoms with Crippen LogP contribution in [0.25, 0.3) is 41.3 Å². The van der Waals surface area contributed by atoms with Crippen LogP contribution in [0.5, 0.6) is 0 Å². The monoisotopic (exact) mass is 904 g/mol.